The van der Waals surface area contributed by atoms with Crippen LogP contribution >= 0.6 is 0 Å². The van der Waals surface area contributed by atoms with Gasteiger partial charge in [-0.15, -0.1) is 0 Å². The lowest BCUT2D eigenvalue weighted by atomic mass is 9.69. The van der Waals surface area contributed by atoms with Crippen molar-refractivity contribution in [2.24, 2.45) is 23.0 Å². The Bertz CT molecular complexity index is 266. The van der Waals surface area contributed by atoms with Gasteiger partial charge < -0.3 is 15.6 Å². The second kappa shape index (κ2) is 3.19. The minimum absolute atomic E-state index is 0.0235. The molecular formula is C12H21NO2. The number of methoxy groups -OCH3 is 1. The van der Waals surface area contributed by atoms with Crippen molar-refractivity contribution < 1.29 is 9.84 Å². The first kappa shape index (κ1) is 10.1. The highest BCUT2D eigenvalue weighted by molar-refractivity contribution is 5.13. The van der Waals surface area contributed by atoms with Gasteiger partial charge in [-0.1, -0.05) is 0 Å². The van der Waals surface area contributed by atoms with Crippen molar-refractivity contribution in [3.63, 3.8) is 0 Å². The highest BCUT2D eigenvalue weighted by atomic mass is 16.5. The Kier molecular flexibility index (Phi) is 2.14. The third-order valence-electron chi connectivity index (χ3n) is 5.36. The lowest BCUT2D eigenvalue weighted by molar-refractivity contribution is 0.00927. The van der Waals surface area contributed by atoms with Gasteiger partial charge in [-0.3, -0.25) is 0 Å². The van der Waals surface area contributed by atoms with Crippen molar-refractivity contribution in [1.29, 1.82) is 0 Å². The molecule has 3 heteroatoms. The highest BCUT2D eigenvalue weighted by Crippen LogP contribution is 2.62. The van der Waals surface area contributed by atoms with Gasteiger partial charge in [0.15, 0.2) is 0 Å². The first-order chi connectivity index (χ1) is 7.17. The predicted octanol–water partition coefficient (Wildman–Crippen LogP) is 0.900. The van der Waals surface area contributed by atoms with Gasteiger partial charge in [0.05, 0.1) is 12.2 Å². The largest absolute Gasteiger partial charge is 0.390 e. The second-order valence-electron chi connectivity index (χ2n) is 5.78. The number of nitrogens with two attached hydrogens (primary N) is 1. The molecule has 1 spiro atoms. The number of aliphatic hydroxyl groups is 1. The summed E-state index contributed by atoms with van der Waals surface area (Å²) in [5, 5.41) is 9.98. The Morgan fingerprint density at radius 3 is 2.67 bits per heavy atom. The summed E-state index contributed by atoms with van der Waals surface area (Å²) in [6.07, 6.45) is 5.50. The smallest absolute Gasteiger partial charge is 0.0836 e. The fourth-order valence-corrected chi connectivity index (χ4v) is 4.57. The molecule has 1 unspecified atom stereocenters. The maximum absolute atomic E-state index is 9.98. The molecule has 86 valence electrons. The van der Waals surface area contributed by atoms with Gasteiger partial charge in [0.25, 0.3) is 0 Å². The Morgan fingerprint density at radius 1 is 1.33 bits per heavy atom. The minimum atomic E-state index is -0.291. The zero-order chi connectivity index (χ0) is 10.6. The number of fused-ring (bicyclic) bond motifs is 3. The van der Waals surface area contributed by atoms with Gasteiger partial charge in [0, 0.05) is 13.2 Å². The van der Waals surface area contributed by atoms with Crippen molar-refractivity contribution >= 4 is 0 Å². The molecule has 3 aliphatic carbocycles. The summed E-state index contributed by atoms with van der Waals surface area (Å²) in [4.78, 5) is 0. The summed E-state index contributed by atoms with van der Waals surface area (Å²) in [7, 11) is 1.70. The number of aliphatic hydroxyl groups excluding tert-OH is 1. The Labute approximate surface area is 91.0 Å². The van der Waals surface area contributed by atoms with E-state index in [9.17, 15) is 5.11 Å². The van der Waals surface area contributed by atoms with Crippen molar-refractivity contribution in [2.45, 2.75) is 50.4 Å². The maximum Gasteiger partial charge on any atom is 0.0836 e. The third kappa shape index (κ3) is 1.17. The molecule has 0 radical (unpaired) electrons. The standard InChI is InChI=1S/C12H21NO2/c1-15-10-6-12(5-9(10)14)8-3-2-7(4-8)11(12)13/h7-11,14H,2-6,13H2,1H3/t7-,8+,9?,10-,11-,12+/m1/s1. The molecule has 0 aliphatic heterocycles. The van der Waals surface area contributed by atoms with E-state index in [1.54, 1.807) is 7.11 Å². The number of hydrogen-bond donors (Lipinski definition) is 2. The maximum atomic E-state index is 9.98. The van der Waals surface area contributed by atoms with Gasteiger partial charge in [0.2, 0.25) is 0 Å². The van der Waals surface area contributed by atoms with E-state index in [2.05, 4.69) is 0 Å². The van der Waals surface area contributed by atoms with E-state index in [0.717, 1.165) is 24.7 Å². The van der Waals surface area contributed by atoms with Crippen LogP contribution in [0.2, 0.25) is 0 Å². The number of hydrogen-bond acceptors (Lipinski definition) is 3. The molecule has 0 aromatic heterocycles. The van der Waals surface area contributed by atoms with Crippen LogP contribution in [0.15, 0.2) is 0 Å². The summed E-state index contributed by atoms with van der Waals surface area (Å²) >= 11 is 0. The number of rotatable bonds is 1. The van der Waals surface area contributed by atoms with Gasteiger partial charge >= 0.3 is 0 Å². The molecule has 6 atom stereocenters. The van der Waals surface area contributed by atoms with E-state index >= 15 is 0 Å². The zero-order valence-electron chi connectivity index (χ0n) is 9.36. The molecular weight excluding hydrogens is 190 g/mol. The van der Waals surface area contributed by atoms with Crippen LogP contribution in [0.25, 0.3) is 0 Å². The van der Waals surface area contributed by atoms with Crippen LogP contribution < -0.4 is 5.73 Å². The summed E-state index contributed by atoms with van der Waals surface area (Å²) < 4.78 is 5.36. The third-order valence-corrected chi connectivity index (χ3v) is 5.36. The normalized spacial score (nSPS) is 58.2. The number of ether oxygens (including phenoxy) is 1. The van der Waals surface area contributed by atoms with Crippen LogP contribution in [0.5, 0.6) is 0 Å². The summed E-state index contributed by atoms with van der Waals surface area (Å²) in [6.45, 7) is 0. The van der Waals surface area contributed by atoms with Crippen LogP contribution in [0.3, 0.4) is 0 Å². The van der Waals surface area contributed by atoms with E-state index in [4.69, 9.17) is 10.5 Å². The average Bonchev–Trinajstić information content (AvgIpc) is 2.85. The molecule has 3 N–H and O–H groups in total. The Balaban J connectivity index is 1.86. The van der Waals surface area contributed by atoms with E-state index in [-0.39, 0.29) is 17.6 Å². The second-order valence-corrected chi connectivity index (χ2v) is 5.78. The van der Waals surface area contributed by atoms with E-state index in [1.807, 2.05) is 0 Å². The topological polar surface area (TPSA) is 55.5 Å². The Hall–Kier alpha value is -0.120. The molecule has 0 aromatic carbocycles. The van der Waals surface area contributed by atoms with Crippen molar-refractivity contribution in [3.8, 4) is 0 Å². The van der Waals surface area contributed by atoms with E-state index < -0.39 is 0 Å². The van der Waals surface area contributed by atoms with Crippen LogP contribution in [0.1, 0.15) is 32.1 Å². The van der Waals surface area contributed by atoms with Crippen molar-refractivity contribution in [1.82, 2.24) is 0 Å². The van der Waals surface area contributed by atoms with Crippen LogP contribution in [-0.4, -0.2) is 30.5 Å². The monoisotopic (exact) mass is 211 g/mol. The molecule has 3 rings (SSSR count). The summed E-state index contributed by atoms with van der Waals surface area (Å²) in [6, 6.07) is 0.311. The van der Waals surface area contributed by atoms with Crippen LogP contribution in [0, 0.1) is 17.3 Å². The summed E-state index contributed by atoms with van der Waals surface area (Å²) in [5.74, 6) is 1.48. The zero-order valence-corrected chi connectivity index (χ0v) is 9.36. The molecule has 3 saturated carbocycles. The van der Waals surface area contributed by atoms with Crippen LogP contribution in [0.4, 0.5) is 0 Å². The summed E-state index contributed by atoms with van der Waals surface area (Å²) in [5.41, 5.74) is 6.58. The quantitative estimate of drug-likeness (QED) is 0.677. The molecule has 0 amide bonds. The van der Waals surface area contributed by atoms with Crippen molar-refractivity contribution in [3.05, 3.63) is 0 Å². The van der Waals surface area contributed by atoms with Gasteiger partial charge in [-0.05, 0) is 49.4 Å². The van der Waals surface area contributed by atoms with E-state index in [1.165, 1.54) is 19.3 Å². The molecule has 0 aromatic rings. The SMILES string of the molecule is CO[C@@H]1C[C@@]2(CC1O)[C@H]1CC[C@H](C1)[C@H]2N. The highest BCUT2D eigenvalue weighted by Gasteiger charge is 2.61. The molecule has 2 bridgehead atoms. The molecule has 3 aliphatic rings. The molecule has 3 fully saturated rings. The Morgan fingerprint density at radius 2 is 2.13 bits per heavy atom. The van der Waals surface area contributed by atoms with Crippen LogP contribution in [-0.2, 0) is 4.74 Å². The predicted molar refractivity (Wildman–Crippen MR) is 57.3 cm³/mol. The first-order valence-corrected chi connectivity index (χ1v) is 6.14. The van der Waals surface area contributed by atoms with Gasteiger partial charge in [-0.2, -0.15) is 0 Å². The van der Waals surface area contributed by atoms with Gasteiger partial charge in [0.1, 0.15) is 0 Å². The van der Waals surface area contributed by atoms with E-state index in [0.29, 0.717) is 6.04 Å². The first-order valence-electron chi connectivity index (χ1n) is 6.14. The van der Waals surface area contributed by atoms with Gasteiger partial charge in [-0.25, -0.2) is 0 Å². The van der Waals surface area contributed by atoms with Crippen molar-refractivity contribution in [2.75, 3.05) is 7.11 Å². The minimum Gasteiger partial charge on any atom is -0.390 e. The molecule has 15 heavy (non-hydrogen) atoms. The lowest BCUT2D eigenvalue weighted by Gasteiger charge is -2.39. The fraction of sp³-hybridized carbons (Fsp3) is 1.00. The fourth-order valence-electron chi connectivity index (χ4n) is 4.57. The molecule has 0 saturated heterocycles. The lowest BCUT2D eigenvalue weighted by Crippen LogP contribution is -2.45. The average molecular weight is 211 g/mol. The molecule has 3 nitrogen and oxygen atoms in total. The molecule has 0 heterocycles.